The molecule has 1 atom stereocenters. The fourth-order valence-corrected chi connectivity index (χ4v) is 2.66. The molecule has 1 aromatic carbocycles. The monoisotopic (exact) mass is 297 g/mol. The van der Waals surface area contributed by atoms with Gasteiger partial charge in [-0.2, -0.15) is 0 Å². The average Bonchev–Trinajstić information content (AvgIpc) is 2.46. The van der Waals surface area contributed by atoms with Gasteiger partial charge in [-0.25, -0.2) is 0 Å². The number of likely N-dealkylation sites (tertiary alicyclic amines) is 1. The van der Waals surface area contributed by atoms with Gasteiger partial charge in [0.15, 0.2) is 5.78 Å². The molecule has 1 unspecified atom stereocenters. The Morgan fingerprint density at radius 3 is 2.60 bits per heavy atom. The number of carbonyl (C=O) groups excluding carboxylic acids is 1. The summed E-state index contributed by atoms with van der Waals surface area (Å²) in [5.74, 6) is 1.02. The number of nitrogens with zero attached hydrogens (tertiary/aromatic N) is 1. The standard InChI is InChI=1S/C16H23NO2.ClH/c1-13-5-3-4-11-17(13)12-10-16(18)14-6-8-15(19-2)9-7-14;/h6-9,13H,3-5,10-12H2,1-2H3;1H. The number of rotatable bonds is 5. The van der Waals surface area contributed by atoms with Gasteiger partial charge < -0.3 is 9.64 Å². The van der Waals surface area contributed by atoms with Gasteiger partial charge in [-0.05, 0) is 50.6 Å². The van der Waals surface area contributed by atoms with Crippen molar-refractivity contribution in [3.05, 3.63) is 29.8 Å². The lowest BCUT2D eigenvalue weighted by Gasteiger charge is -2.33. The van der Waals surface area contributed by atoms with Crippen molar-refractivity contribution >= 4 is 18.2 Å². The molecule has 2 rings (SSSR count). The second-order valence-electron chi connectivity index (χ2n) is 5.28. The van der Waals surface area contributed by atoms with Crippen molar-refractivity contribution in [2.24, 2.45) is 0 Å². The molecule has 1 fully saturated rings. The molecule has 3 nitrogen and oxygen atoms in total. The van der Waals surface area contributed by atoms with E-state index in [0.29, 0.717) is 12.5 Å². The second-order valence-corrected chi connectivity index (χ2v) is 5.28. The van der Waals surface area contributed by atoms with E-state index in [2.05, 4.69) is 11.8 Å². The quantitative estimate of drug-likeness (QED) is 0.778. The number of hydrogen-bond donors (Lipinski definition) is 0. The lowest BCUT2D eigenvalue weighted by molar-refractivity contribution is 0.0935. The van der Waals surface area contributed by atoms with E-state index in [1.165, 1.54) is 19.3 Å². The fraction of sp³-hybridized carbons (Fsp3) is 0.562. The first-order chi connectivity index (χ1) is 9.20. The Labute approximate surface area is 127 Å². The number of ether oxygens (including phenoxy) is 1. The van der Waals surface area contributed by atoms with Crippen molar-refractivity contribution in [1.82, 2.24) is 4.90 Å². The molecule has 1 aromatic rings. The van der Waals surface area contributed by atoms with Crippen LogP contribution in [0.25, 0.3) is 0 Å². The minimum atomic E-state index is 0. The van der Waals surface area contributed by atoms with E-state index in [-0.39, 0.29) is 18.2 Å². The van der Waals surface area contributed by atoms with Gasteiger partial charge in [-0.3, -0.25) is 4.79 Å². The van der Waals surface area contributed by atoms with E-state index < -0.39 is 0 Å². The van der Waals surface area contributed by atoms with Crippen molar-refractivity contribution in [1.29, 1.82) is 0 Å². The summed E-state index contributed by atoms with van der Waals surface area (Å²) in [4.78, 5) is 14.6. The number of Topliss-reactive ketones (excluding diaryl/α,β-unsaturated/α-hetero) is 1. The smallest absolute Gasteiger partial charge is 0.164 e. The van der Waals surface area contributed by atoms with Crippen molar-refractivity contribution in [2.75, 3.05) is 20.2 Å². The van der Waals surface area contributed by atoms with Crippen molar-refractivity contribution in [2.45, 2.75) is 38.6 Å². The normalized spacial score (nSPS) is 19.2. The highest BCUT2D eigenvalue weighted by molar-refractivity contribution is 5.96. The van der Waals surface area contributed by atoms with Gasteiger partial charge in [0.2, 0.25) is 0 Å². The van der Waals surface area contributed by atoms with Crippen LogP contribution in [-0.4, -0.2) is 36.9 Å². The third-order valence-electron chi connectivity index (χ3n) is 3.98. The zero-order chi connectivity index (χ0) is 13.7. The highest BCUT2D eigenvalue weighted by atomic mass is 35.5. The molecule has 0 aliphatic carbocycles. The Morgan fingerprint density at radius 2 is 2.00 bits per heavy atom. The van der Waals surface area contributed by atoms with Gasteiger partial charge >= 0.3 is 0 Å². The van der Waals surface area contributed by atoms with Crippen LogP contribution >= 0.6 is 12.4 Å². The van der Waals surface area contributed by atoms with Crippen LogP contribution in [-0.2, 0) is 0 Å². The first-order valence-electron chi connectivity index (χ1n) is 7.12. The zero-order valence-corrected chi connectivity index (χ0v) is 13.1. The highest BCUT2D eigenvalue weighted by Gasteiger charge is 2.18. The summed E-state index contributed by atoms with van der Waals surface area (Å²) in [7, 11) is 1.63. The molecule has 0 N–H and O–H groups in total. The van der Waals surface area contributed by atoms with Gasteiger partial charge in [0.1, 0.15) is 5.75 Å². The Morgan fingerprint density at radius 1 is 1.30 bits per heavy atom. The van der Waals surface area contributed by atoms with Crippen LogP contribution in [0.3, 0.4) is 0 Å². The highest BCUT2D eigenvalue weighted by Crippen LogP contribution is 2.17. The Balaban J connectivity index is 0.00000200. The lowest BCUT2D eigenvalue weighted by atomic mass is 10.0. The number of hydrogen-bond acceptors (Lipinski definition) is 3. The van der Waals surface area contributed by atoms with E-state index in [9.17, 15) is 4.79 Å². The molecule has 0 bridgehead atoms. The molecule has 0 aromatic heterocycles. The molecule has 1 aliphatic heterocycles. The second kappa shape index (κ2) is 8.28. The molecule has 1 saturated heterocycles. The first kappa shape index (κ1) is 17.0. The topological polar surface area (TPSA) is 29.5 Å². The van der Waals surface area contributed by atoms with Gasteiger partial charge in [-0.15, -0.1) is 12.4 Å². The zero-order valence-electron chi connectivity index (χ0n) is 12.3. The van der Waals surface area contributed by atoms with E-state index >= 15 is 0 Å². The summed E-state index contributed by atoms with van der Waals surface area (Å²) in [6, 6.07) is 8.01. The molecule has 0 saturated carbocycles. The van der Waals surface area contributed by atoms with Gasteiger partial charge in [-0.1, -0.05) is 6.42 Å². The number of carbonyl (C=O) groups is 1. The summed E-state index contributed by atoms with van der Waals surface area (Å²) in [5.41, 5.74) is 0.783. The third-order valence-corrected chi connectivity index (χ3v) is 3.98. The summed E-state index contributed by atoms with van der Waals surface area (Å²) < 4.78 is 5.10. The maximum atomic E-state index is 12.1. The van der Waals surface area contributed by atoms with Crippen LogP contribution in [0.4, 0.5) is 0 Å². The molecular weight excluding hydrogens is 274 g/mol. The van der Waals surface area contributed by atoms with E-state index in [1.54, 1.807) is 7.11 Å². The number of methoxy groups -OCH3 is 1. The number of ketones is 1. The van der Waals surface area contributed by atoms with Crippen LogP contribution in [0.15, 0.2) is 24.3 Å². The van der Waals surface area contributed by atoms with Crippen LogP contribution in [0, 0.1) is 0 Å². The molecule has 4 heteroatoms. The predicted molar refractivity (Wildman–Crippen MR) is 84.1 cm³/mol. The van der Waals surface area contributed by atoms with Crippen molar-refractivity contribution < 1.29 is 9.53 Å². The Kier molecular flexibility index (Phi) is 7.03. The maximum Gasteiger partial charge on any atom is 0.164 e. The molecule has 20 heavy (non-hydrogen) atoms. The van der Waals surface area contributed by atoms with E-state index in [4.69, 9.17) is 4.74 Å². The van der Waals surface area contributed by atoms with Crippen LogP contribution in [0.1, 0.15) is 43.0 Å². The lowest BCUT2D eigenvalue weighted by Crippen LogP contribution is -2.38. The maximum absolute atomic E-state index is 12.1. The van der Waals surface area contributed by atoms with Crippen LogP contribution in [0.5, 0.6) is 5.75 Å². The van der Waals surface area contributed by atoms with Crippen LogP contribution in [0.2, 0.25) is 0 Å². The summed E-state index contributed by atoms with van der Waals surface area (Å²) in [6.45, 7) is 4.28. The first-order valence-corrected chi connectivity index (χ1v) is 7.12. The van der Waals surface area contributed by atoms with E-state index in [1.807, 2.05) is 24.3 Å². The fourth-order valence-electron chi connectivity index (χ4n) is 2.66. The molecule has 1 aliphatic rings. The Bertz CT molecular complexity index is 419. The van der Waals surface area contributed by atoms with E-state index in [0.717, 1.165) is 24.4 Å². The largest absolute Gasteiger partial charge is 0.497 e. The Hall–Kier alpha value is -1.06. The SMILES string of the molecule is COc1ccc(C(=O)CCN2CCCCC2C)cc1.Cl. The predicted octanol–water partition coefficient (Wildman–Crippen LogP) is 3.56. The van der Waals surface area contributed by atoms with Crippen molar-refractivity contribution in [3.8, 4) is 5.75 Å². The number of halogens is 1. The summed E-state index contributed by atoms with van der Waals surface area (Å²) in [6.07, 6.45) is 4.46. The molecule has 0 radical (unpaired) electrons. The molecule has 1 heterocycles. The molecule has 0 spiro atoms. The molecular formula is C16H24ClNO2. The molecule has 112 valence electrons. The minimum absolute atomic E-state index is 0. The number of piperidine rings is 1. The minimum Gasteiger partial charge on any atom is -0.497 e. The summed E-state index contributed by atoms with van der Waals surface area (Å²) in [5, 5.41) is 0. The summed E-state index contributed by atoms with van der Waals surface area (Å²) >= 11 is 0. The van der Waals surface area contributed by atoms with Gasteiger partial charge in [0, 0.05) is 24.6 Å². The molecule has 0 amide bonds. The van der Waals surface area contributed by atoms with Gasteiger partial charge in [0.25, 0.3) is 0 Å². The van der Waals surface area contributed by atoms with Crippen LogP contribution < -0.4 is 4.74 Å². The van der Waals surface area contributed by atoms with Gasteiger partial charge in [0.05, 0.1) is 7.11 Å². The number of benzene rings is 1. The average molecular weight is 298 g/mol. The van der Waals surface area contributed by atoms with Crippen molar-refractivity contribution in [3.63, 3.8) is 0 Å². The third kappa shape index (κ3) is 4.50.